The van der Waals surface area contributed by atoms with Crippen molar-refractivity contribution < 1.29 is 14.2 Å². The Morgan fingerprint density at radius 3 is 2.58 bits per heavy atom. The number of benzene rings is 2. The van der Waals surface area contributed by atoms with Crippen LogP contribution in [0.25, 0.3) is 0 Å². The van der Waals surface area contributed by atoms with Crippen LogP contribution in [0.3, 0.4) is 0 Å². The average molecular weight is 256 g/mol. The Kier molecular flexibility index (Phi) is 2.82. The molecular weight excluding hydrogens is 240 g/mol. The van der Waals surface area contributed by atoms with Gasteiger partial charge in [0.2, 0.25) is 0 Å². The minimum Gasteiger partial charge on any atom is -0.496 e. The van der Waals surface area contributed by atoms with Crippen molar-refractivity contribution in [2.24, 2.45) is 0 Å². The highest BCUT2D eigenvalue weighted by Gasteiger charge is 2.23. The van der Waals surface area contributed by atoms with Crippen LogP contribution in [-0.2, 0) is 6.42 Å². The van der Waals surface area contributed by atoms with Crippen molar-refractivity contribution in [3.63, 3.8) is 0 Å². The van der Waals surface area contributed by atoms with Crippen molar-refractivity contribution in [1.29, 1.82) is 0 Å². The SMILES string of the molecule is COc1cc2c(c(OC)c1C)Cc1ccccc1O2. The van der Waals surface area contributed by atoms with Crippen LogP contribution < -0.4 is 14.2 Å². The van der Waals surface area contributed by atoms with Gasteiger partial charge < -0.3 is 14.2 Å². The van der Waals surface area contributed by atoms with E-state index in [1.165, 1.54) is 5.56 Å². The Hall–Kier alpha value is -2.16. The van der Waals surface area contributed by atoms with Gasteiger partial charge >= 0.3 is 0 Å². The van der Waals surface area contributed by atoms with Crippen LogP contribution in [0.4, 0.5) is 0 Å². The number of para-hydroxylation sites is 1. The molecule has 3 nitrogen and oxygen atoms in total. The lowest BCUT2D eigenvalue weighted by Gasteiger charge is -2.24. The van der Waals surface area contributed by atoms with Crippen LogP contribution in [0.1, 0.15) is 16.7 Å². The van der Waals surface area contributed by atoms with Crippen molar-refractivity contribution in [3.05, 3.63) is 47.0 Å². The highest BCUT2D eigenvalue weighted by molar-refractivity contribution is 5.61. The maximum atomic E-state index is 5.96. The summed E-state index contributed by atoms with van der Waals surface area (Å²) in [6.07, 6.45) is 0.819. The summed E-state index contributed by atoms with van der Waals surface area (Å²) in [5.74, 6) is 3.36. The second-order valence-electron chi connectivity index (χ2n) is 4.60. The first-order valence-electron chi connectivity index (χ1n) is 6.24. The molecule has 0 saturated carbocycles. The molecule has 0 bridgehead atoms. The van der Waals surface area contributed by atoms with Gasteiger partial charge in [-0.15, -0.1) is 0 Å². The molecule has 0 amide bonds. The van der Waals surface area contributed by atoms with Crippen molar-refractivity contribution in [3.8, 4) is 23.0 Å². The molecule has 19 heavy (non-hydrogen) atoms. The normalized spacial score (nSPS) is 12.2. The number of hydrogen-bond donors (Lipinski definition) is 0. The van der Waals surface area contributed by atoms with Gasteiger partial charge in [-0.05, 0) is 18.6 Å². The lowest BCUT2D eigenvalue weighted by Crippen LogP contribution is -2.07. The van der Waals surface area contributed by atoms with E-state index >= 15 is 0 Å². The van der Waals surface area contributed by atoms with Gasteiger partial charge in [0.05, 0.1) is 14.2 Å². The number of fused-ring (bicyclic) bond motifs is 2. The van der Waals surface area contributed by atoms with Crippen molar-refractivity contribution >= 4 is 0 Å². The van der Waals surface area contributed by atoms with E-state index in [-0.39, 0.29) is 0 Å². The first-order valence-corrected chi connectivity index (χ1v) is 6.24. The van der Waals surface area contributed by atoms with Gasteiger partial charge in [-0.1, -0.05) is 18.2 Å². The summed E-state index contributed by atoms with van der Waals surface area (Å²) in [5.41, 5.74) is 3.27. The largest absolute Gasteiger partial charge is 0.496 e. The summed E-state index contributed by atoms with van der Waals surface area (Å²) in [6.45, 7) is 2.00. The van der Waals surface area contributed by atoms with Crippen molar-refractivity contribution in [2.75, 3.05) is 14.2 Å². The third kappa shape index (κ3) is 1.82. The smallest absolute Gasteiger partial charge is 0.138 e. The molecule has 3 rings (SSSR count). The second kappa shape index (κ2) is 4.50. The molecule has 1 aliphatic rings. The molecule has 2 aromatic rings. The molecule has 1 aliphatic heterocycles. The lowest BCUT2D eigenvalue weighted by molar-refractivity contribution is 0.373. The van der Waals surface area contributed by atoms with Gasteiger partial charge in [0.15, 0.2) is 0 Å². The summed E-state index contributed by atoms with van der Waals surface area (Å²) in [5, 5.41) is 0. The molecule has 0 aromatic heterocycles. The Labute approximate surface area is 112 Å². The Morgan fingerprint density at radius 2 is 1.84 bits per heavy atom. The minimum absolute atomic E-state index is 0.787. The predicted octanol–water partition coefficient (Wildman–Crippen LogP) is 3.71. The van der Waals surface area contributed by atoms with Gasteiger partial charge in [-0.3, -0.25) is 0 Å². The first kappa shape index (κ1) is 11.9. The molecule has 0 fully saturated rings. The third-order valence-electron chi connectivity index (χ3n) is 3.53. The van der Waals surface area contributed by atoms with E-state index in [1.807, 2.05) is 31.2 Å². The summed E-state index contributed by atoms with van der Waals surface area (Å²) in [7, 11) is 3.34. The Bertz CT molecular complexity index is 632. The van der Waals surface area contributed by atoms with E-state index in [9.17, 15) is 0 Å². The molecule has 1 heterocycles. The molecule has 2 aromatic carbocycles. The highest BCUT2D eigenvalue weighted by Crippen LogP contribution is 2.45. The van der Waals surface area contributed by atoms with Crippen LogP contribution >= 0.6 is 0 Å². The van der Waals surface area contributed by atoms with Crippen molar-refractivity contribution in [1.82, 2.24) is 0 Å². The fraction of sp³-hybridized carbons (Fsp3) is 0.250. The quantitative estimate of drug-likeness (QED) is 0.699. The number of hydrogen-bond acceptors (Lipinski definition) is 3. The van der Waals surface area contributed by atoms with E-state index in [2.05, 4.69) is 6.07 Å². The molecule has 0 spiro atoms. The van der Waals surface area contributed by atoms with Gasteiger partial charge in [0.1, 0.15) is 23.0 Å². The summed E-state index contributed by atoms with van der Waals surface area (Å²) in [4.78, 5) is 0. The average Bonchev–Trinajstić information content (AvgIpc) is 2.45. The Morgan fingerprint density at radius 1 is 1.05 bits per heavy atom. The molecule has 0 atom stereocenters. The van der Waals surface area contributed by atoms with Crippen LogP contribution in [0, 0.1) is 6.92 Å². The van der Waals surface area contributed by atoms with Crippen LogP contribution in [0.5, 0.6) is 23.0 Å². The maximum absolute atomic E-state index is 5.96. The summed E-state index contributed by atoms with van der Waals surface area (Å²) in [6, 6.07) is 10.0. The maximum Gasteiger partial charge on any atom is 0.138 e. The number of methoxy groups -OCH3 is 2. The fourth-order valence-corrected chi connectivity index (χ4v) is 2.57. The molecule has 98 valence electrons. The topological polar surface area (TPSA) is 27.7 Å². The predicted molar refractivity (Wildman–Crippen MR) is 73.6 cm³/mol. The van der Waals surface area contributed by atoms with E-state index < -0.39 is 0 Å². The number of ether oxygens (including phenoxy) is 3. The molecule has 0 unspecified atom stereocenters. The van der Waals surface area contributed by atoms with Gasteiger partial charge in [0.25, 0.3) is 0 Å². The van der Waals surface area contributed by atoms with Gasteiger partial charge in [-0.2, -0.15) is 0 Å². The summed E-state index contributed by atoms with van der Waals surface area (Å²) < 4.78 is 16.9. The molecule has 0 aliphatic carbocycles. The molecule has 0 N–H and O–H groups in total. The van der Waals surface area contributed by atoms with Gasteiger partial charge in [0, 0.05) is 23.6 Å². The van der Waals surface area contributed by atoms with E-state index in [4.69, 9.17) is 14.2 Å². The van der Waals surface area contributed by atoms with Crippen LogP contribution in [0.2, 0.25) is 0 Å². The van der Waals surface area contributed by atoms with E-state index in [1.54, 1.807) is 14.2 Å². The Balaban J connectivity index is 2.17. The fourth-order valence-electron chi connectivity index (χ4n) is 2.57. The number of rotatable bonds is 2. The van der Waals surface area contributed by atoms with Crippen LogP contribution in [0.15, 0.2) is 30.3 Å². The van der Waals surface area contributed by atoms with Gasteiger partial charge in [-0.25, -0.2) is 0 Å². The van der Waals surface area contributed by atoms with Crippen molar-refractivity contribution in [2.45, 2.75) is 13.3 Å². The zero-order valence-corrected chi connectivity index (χ0v) is 11.3. The van der Waals surface area contributed by atoms with E-state index in [0.29, 0.717) is 0 Å². The van der Waals surface area contributed by atoms with E-state index in [0.717, 1.165) is 40.5 Å². The molecular formula is C16H16O3. The highest BCUT2D eigenvalue weighted by atomic mass is 16.5. The summed E-state index contributed by atoms with van der Waals surface area (Å²) >= 11 is 0. The molecule has 0 radical (unpaired) electrons. The van der Waals surface area contributed by atoms with Crippen LogP contribution in [-0.4, -0.2) is 14.2 Å². The first-order chi connectivity index (χ1) is 9.24. The monoisotopic (exact) mass is 256 g/mol. The molecule has 0 saturated heterocycles. The standard InChI is InChI=1S/C16H16O3/c1-10-14(17-2)9-15-12(16(10)18-3)8-11-6-4-5-7-13(11)19-15/h4-7,9H,8H2,1-3H3. The minimum atomic E-state index is 0.787. The molecule has 3 heteroatoms. The lowest BCUT2D eigenvalue weighted by atomic mass is 9.97. The second-order valence-corrected chi connectivity index (χ2v) is 4.60. The zero-order valence-electron chi connectivity index (χ0n) is 11.3. The third-order valence-corrected chi connectivity index (χ3v) is 3.53. The zero-order chi connectivity index (χ0) is 13.4.